The number of nitrogens with one attached hydrogen (secondary N) is 1. The summed E-state index contributed by atoms with van der Waals surface area (Å²) in [4.78, 5) is 19.6. The van der Waals surface area contributed by atoms with Crippen molar-refractivity contribution in [3.8, 4) is 0 Å². The number of anilines is 1. The van der Waals surface area contributed by atoms with E-state index in [9.17, 15) is 9.90 Å². The fraction of sp³-hybridized carbons (Fsp3) is 0.615. The van der Waals surface area contributed by atoms with Gasteiger partial charge in [0.15, 0.2) is 0 Å². The number of rotatable bonds is 4. The molecule has 19 heavy (non-hydrogen) atoms. The third kappa shape index (κ3) is 3.64. The Balaban J connectivity index is 3.09. The maximum absolute atomic E-state index is 11.5. The number of aromatic nitrogens is 2. The summed E-state index contributed by atoms with van der Waals surface area (Å²) in [7, 11) is 1.28. The van der Waals surface area contributed by atoms with Crippen LogP contribution in [0.1, 0.15) is 44.0 Å². The largest absolute Gasteiger partial charge is 0.463 e. The van der Waals surface area contributed by atoms with Gasteiger partial charge in [-0.3, -0.25) is 0 Å². The van der Waals surface area contributed by atoms with Gasteiger partial charge in [0.05, 0.1) is 18.2 Å². The first-order valence-electron chi connectivity index (χ1n) is 6.01. The van der Waals surface area contributed by atoms with Gasteiger partial charge in [-0.1, -0.05) is 0 Å². The zero-order valence-corrected chi connectivity index (χ0v) is 12.2. The standard InChI is InChI=1S/C13H21N3O3/c1-8-7-9(15-10(14-8)11(17)19-6)16-12(2,3)13(4,5)18/h7,18H,1-6H3,(H,14,15,16). The first-order valence-corrected chi connectivity index (χ1v) is 6.01. The van der Waals surface area contributed by atoms with E-state index < -0.39 is 17.1 Å². The highest BCUT2D eigenvalue weighted by atomic mass is 16.5. The summed E-state index contributed by atoms with van der Waals surface area (Å²) >= 11 is 0. The van der Waals surface area contributed by atoms with Gasteiger partial charge in [0.2, 0.25) is 5.82 Å². The molecule has 0 aliphatic heterocycles. The second-order valence-electron chi connectivity index (χ2n) is 5.52. The molecule has 0 saturated heterocycles. The number of carbonyl (C=O) groups is 1. The molecule has 0 fully saturated rings. The number of carbonyl (C=O) groups excluding carboxylic acids is 1. The van der Waals surface area contributed by atoms with E-state index in [0.717, 1.165) is 0 Å². The number of ether oxygens (including phenoxy) is 1. The molecule has 0 aliphatic carbocycles. The Morgan fingerprint density at radius 3 is 2.37 bits per heavy atom. The molecule has 106 valence electrons. The van der Waals surface area contributed by atoms with E-state index in [4.69, 9.17) is 0 Å². The topological polar surface area (TPSA) is 84.3 Å². The van der Waals surface area contributed by atoms with Crippen molar-refractivity contribution < 1.29 is 14.6 Å². The summed E-state index contributed by atoms with van der Waals surface area (Å²) in [5, 5.41) is 13.2. The zero-order chi connectivity index (χ0) is 14.8. The van der Waals surface area contributed by atoms with Crippen molar-refractivity contribution in [3.63, 3.8) is 0 Å². The SMILES string of the molecule is COC(=O)c1nc(C)cc(NC(C)(C)C(C)(C)O)n1. The fourth-order valence-electron chi connectivity index (χ4n) is 1.29. The lowest BCUT2D eigenvalue weighted by atomic mass is 9.86. The van der Waals surface area contributed by atoms with E-state index in [1.807, 2.05) is 13.8 Å². The summed E-state index contributed by atoms with van der Waals surface area (Å²) in [6.45, 7) is 8.87. The van der Waals surface area contributed by atoms with Crippen LogP contribution < -0.4 is 5.32 Å². The van der Waals surface area contributed by atoms with Crippen LogP contribution >= 0.6 is 0 Å². The van der Waals surface area contributed by atoms with Crippen molar-refractivity contribution >= 4 is 11.8 Å². The lowest BCUT2D eigenvalue weighted by molar-refractivity contribution is 0.0238. The number of aryl methyl sites for hydroxylation is 1. The van der Waals surface area contributed by atoms with Crippen molar-refractivity contribution in [1.82, 2.24) is 9.97 Å². The third-order valence-corrected chi connectivity index (χ3v) is 3.19. The third-order valence-electron chi connectivity index (χ3n) is 3.19. The van der Waals surface area contributed by atoms with Crippen LogP contribution in [-0.2, 0) is 4.74 Å². The average Bonchev–Trinajstić information content (AvgIpc) is 2.24. The highest BCUT2D eigenvalue weighted by Crippen LogP contribution is 2.25. The number of hydrogen-bond donors (Lipinski definition) is 2. The monoisotopic (exact) mass is 267 g/mol. The molecule has 6 nitrogen and oxygen atoms in total. The highest BCUT2D eigenvalue weighted by Gasteiger charge is 2.35. The molecule has 2 N–H and O–H groups in total. The van der Waals surface area contributed by atoms with Gasteiger partial charge in [-0.05, 0) is 34.6 Å². The van der Waals surface area contributed by atoms with Gasteiger partial charge in [-0.25, -0.2) is 14.8 Å². The normalized spacial score (nSPS) is 12.2. The summed E-state index contributed by atoms with van der Waals surface area (Å²) < 4.78 is 4.60. The lowest BCUT2D eigenvalue weighted by Gasteiger charge is -2.38. The van der Waals surface area contributed by atoms with E-state index in [0.29, 0.717) is 11.5 Å². The van der Waals surface area contributed by atoms with Crippen LogP contribution in [0.4, 0.5) is 5.82 Å². The smallest absolute Gasteiger partial charge is 0.376 e. The van der Waals surface area contributed by atoms with Crippen molar-refractivity contribution in [1.29, 1.82) is 0 Å². The Labute approximate surface area is 113 Å². The molecule has 0 spiro atoms. The van der Waals surface area contributed by atoms with Crippen LogP contribution in [-0.4, -0.2) is 39.3 Å². The molecule has 1 heterocycles. The predicted molar refractivity (Wildman–Crippen MR) is 72.1 cm³/mol. The highest BCUT2D eigenvalue weighted by molar-refractivity contribution is 5.85. The lowest BCUT2D eigenvalue weighted by Crippen LogP contribution is -2.51. The molecule has 0 radical (unpaired) electrons. The van der Waals surface area contributed by atoms with Crippen molar-refractivity contribution in [2.24, 2.45) is 0 Å². The Morgan fingerprint density at radius 2 is 1.89 bits per heavy atom. The summed E-state index contributed by atoms with van der Waals surface area (Å²) in [6.07, 6.45) is 0. The Hall–Kier alpha value is -1.69. The maximum Gasteiger partial charge on any atom is 0.376 e. The van der Waals surface area contributed by atoms with Gasteiger partial charge >= 0.3 is 5.97 Å². The van der Waals surface area contributed by atoms with E-state index in [2.05, 4.69) is 20.0 Å². The van der Waals surface area contributed by atoms with Crippen molar-refractivity contribution in [3.05, 3.63) is 17.6 Å². The predicted octanol–water partition coefficient (Wildman–Crippen LogP) is 1.53. The second kappa shape index (κ2) is 5.13. The molecule has 1 aromatic heterocycles. The molecule has 0 saturated carbocycles. The average molecular weight is 267 g/mol. The molecule has 0 aromatic carbocycles. The first kappa shape index (κ1) is 15.4. The number of methoxy groups -OCH3 is 1. The molecule has 1 rings (SSSR count). The van der Waals surface area contributed by atoms with Gasteiger partial charge in [0, 0.05) is 11.8 Å². The van der Waals surface area contributed by atoms with Crippen LogP contribution in [0.15, 0.2) is 6.07 Å². The zero-order valence-electron chi connectivity index (χ0n) is 12.2. The van der Waals surface area contributed by atoms with Gasteiger partial charge in [0.25, 0.3) is 0 Å². The summed E-state index contributed by atoms with van der Waals surface area (Å²) in [5.41, 5.74) is -0.942. The molecule has 0 atom stereocenters. The van der Waals surface area contributed by atoms with E-state index >= 15 is 0 Å². The van der Waals surface area contributed by atoms with Gasteiger partial charge in [-0.2, -0.15) is 0 Å². The quantitative estimate of drug-likeness (QED) is 0.805. The fourth-order valence-corrected chi connectivity index (χ4v) is 1.29. The van der Waals surface area contributed by atoms with Crippen molar-refractivity contribution in [2.75, 3.05) is 12.4 Å². The minimum absolute atomic E-state index is 0.00320. The van der Waals surface area contributed by atoms with Crippen LogP contribution in [0.3, 0.4) is 0 Å². The Bertz CT molecular complexity index is 479. The molecule has 0 unspecified atom stereocenters. The molecule has 1 aromatic rings. The van der Waals surface area contributed by atoms with Crippen LogP contribution in [0.25, 0.3) is 0 Å². The molecule has 0 bridgehead atoms. The summed E-state index contributed by atoms with van der Waals surface area (Å²) in [6, 6.07) is 1.71. The number of hydrogen-bond acceptors (Lipinski definition) is 6. The van der Waals surface area contributed by atoms with Crippen LogP contribution in [0.2, 0.25) is 0 Å². The number of aliphatic hydroxyl groups is 1. The van der Waals surface area contributed by atoms with E-state index in [1.54, 1.807) is 26.8 Å². The summed E-state index contributed by atoms with van der Waals surface area (Å²) in [5.74, 6) is -0.121. The minimum atomic E-state index is -0.961. The van der Waals surface area contributed by atoms with Gasteiger partial charge in [-0.15, -0.1) is 0 Å². The Morgan fingerprint density at radius 1 is 1.32 bits per heavy atom. The molecular formula is C13H21N3O3. The second-order valence-corrected chi connectivity index (χ2v) is 5.52. The first-order chi connectivity index (χ1) is 8.56. The van der Waals surface area contributed by atoms with Crippen molar-refractivity contribution in [2.45, 2.75) is 45.8 Å². The van der Waals surface area contributed by atoms with E-state index in [-0.39, 0.29) is 5.82 Å². The van der Waals surface area contributed by atoms with Crippen LogP contribution in [0, 0.1) is 6.92 Å². The molecular weight excluding hydrogens is 246 g/mol. The van der Waals surface area contributed by atoms with Gasteiger partial charge < -0.3 is 15.2 Å². The Kier molecular flexibility index (Phi) is 4.15. The minimum Gasteiger partial charge on any atom is -0.463 e. The molecule has 0 amide bonds. The molecule has 0 aliphatic rings. The number of esters is 1. The van der Waals surface area contributed by atoms with E-state index in [1.165, 1.54) is 7.11 Å². The number of nitrogens with zero attached hydrogens (tertiary/aromatic N) is 2. The van der Waals surface area contributed by atoms with Crippen LogP contribution in [0.5, 0.6) is 0 Å². The maximum atomic E-state index is 11.5. The van der Waals surface area contributed by atoms with Gasteiger partial charge in [0.1, 0.15) is 5.82 Å². The molecule has 6 heteroatoms.